The first kappa shape index (κ1) is 14.6. The lowest BCUT2D eigenvalue weighted by Crippen LogP contribution is -2.48. The van der Waals surface area contributed by atoms with Crippen molar-refractivity contribution in [2.24, 2.45) is 0 Å². The van der Waals surface area contributed by atoms with Gasteiger partial charge in [0.25, 0.3) is 0 Å². The van der Waals surface area contributed by atoms with Crippen LogP contribution in [0, 0.1) is 5.82 Å². The lowest BCUT2D eigenvalue weighted by Gasteiger charge is -2.33. The van der Waals surface area contributed by atoms with Crippen LogP contribution in [0.2, 0.25) is 0 Å². The first-order valence-electron chi connectivity index (χ1n) is 6.51. The van der Waals surface area contributed by atoms with E-state index in [4.69, 9.17) is 4.74 Å². The van der Waals surface area contributed by atoms with Crippen molar-refractivity contribution in [3.8, 4) is 5.75 Å². The summed E-state index contributed by atoms with van der Waals surface area (Å²) in [4.78, 5) is 15.2. The fourth-order valence-corrected chi connectivity index (χ4v) is 2.28. The molecule has 1 aliphatic heterocycles. The van der Waals surface area contributed by atoms with Gasteiger partial charge in [-0.25, -0.2) is 9.18 Å². The van der Waals surface area contributed by atoms with Crippen molar-refractivity contribution in [1.82, 2.24) is 9.80 Å². The van der Waals surface area contributed by atoms with Crippen LogP contribution in [0.15, 0.2) is 18.2 Å². The van der Waals surface area contributed by atoms with Gasteiger partial charge in [0.15, 0.2) is 11.6 Å². The number of ether oxygens (including phenoxy) is 2. The number of carbonyl (C=O) groups excluding carboxylic acids is 1. The Bertz CT molecular complexity index is 473. The van der Waals surface area contributed by atoms with E-state index in [1.165, 1.54) is 20.3 Å². The smallest absolute Gasteiger partial charge is 0.409 e. The zero-order chi connectivity index (χ0) is 14.5. The van der Waals surface area contributed by atoms with Gasteiger partial charge in [-0.2, -0.15) is 0 Å². The fraction of sp³-hybridized carbons (Fsp3) is 0.500. The van der Waals surface area contributed by atoms with Gasteiger partial charge in [0.05, 0.1) is 14.2 Å². The molecule has 0 N–H and O–H groups in total. The van der Waals surface area contributed by atoms with E-state index < -0.39 is 0 Å². The first-order chi connectivity index (χ1) is 9.63. The van der Waals surface area contributed by atoms with Crippen molar-refractivity contribution in [3.63, 3.8) is 0 Å². The molecular formula is C14H19FN2O3. The molecule has 1 fully saturated rings. The maximum Gasteiger partial charge on any atom is 0.409 e. The zero-order valence-corrected chi connectivity index (χ0v) is 11.8. The molecule has 1 aliphatic rings. The number of rotatable bonds is 3. The van der Waals surface area contributed by atoms with Crippen LogP contribution < -0.4 is 4.74 Å². The molecule has 0 saturated carbocycles. The van der Waals surface area contributed by atoms with E-state index in [1.54, 1.807) is 11.0 Å². The van der Waals surface area contributed by atoms with Gasteiger partial charge < -0.3 is 14.4 Å². The van der Waals surface area contributed by atoms with Crippen LogP contribution in [0.1, 0.15) is 5.56 Å². The molecular weight excluding hydrogens is 263 g/mol. The number of hydrogen-bond donors (Lipinski definition) is 0. The SMILES string of the molecule is COC(=O)N1CCN(Cc2ccc(OC)c(F)c2)CC1. The second-order valence-corrected chi connectivity index (χ2v) is 4.70. The molecule has 0 aliphatic carbocycles. The van der Waals surface area contributed by atoms with Gasteiger partial charge >= 0.3 is 6.09 Å². The third kappa shape index (κ3) is 3.39. The molecule has 20 heavy (non-hydrogen) atoms. The predicted octanol–water partition coefficient (Wildman–Crippen LogP) is 1.72. The van der Waals surface area contributed by atoms with Gasteiger partial charge in [0.2, 0.25) is 0 Å². The molecule has 0 spiro atoms. The van der Waals surface area contributed by atoms with Crippen LogP contribution in [0.25, 0.3) is 0 Å². The van der Waals surface area contributed by atoms with Crippen molar-refractivity contribution < 1.29 is 18.7 Å². The Morgan fingerprint density at radius 1 is 1.25 bits per heavy atom. The van der Waals surface area contributed by atoms with E-state index in [1.807, 2.05) is 6.07 Å². The number of carbonyl (C=O) groups is 1. The normalized spacial score (nSPS) is 16.1. The molecule has 6 heteroatoms. The minimum Gasteiger partial charge on any atom is -0.494 e. The van der Waals surface area contributed by atoms with Crippen LogP contribution in [0.3, 0.4) is 0 Å². The number of halogens is 1. The van der Waals surface area contributed by atoms with Gasteiger partial charge in [-0.3, -0.25) is 4.90 Å². The summed E-state index contributed by atoms with van der Waals surface area (Å²) in [7, 11) is 2.83. The Balaban J connectivity index is 1.89. The number of methoxy groups -OCH3 is 2. The van der Waals surface area contributed by atoms with Crippen LogP contribution >= 0.6 is 0 Å². The summed E-state index contributed by atoms with van der Waals surface area (Å²) in [5.74, 6) is -0.0949. The molecule has 1 amide bonds. The van der Waals surface area contributed by atoms with Gasteiger partial charge in [-0.1, -0.05) is 6.07 Å². The Labute approximate surface area is 117 Å². The summed E-state index contributed by atoms with van der Waals surface area (Å²) >= 11 is 0. The lowest BCUT2D eigenvalue weighted by atomic mass is 10.2. The minimum absolute atomic E-state index is 0.254. The average molecular weight is 282 g/mol. The number of benzene rings is 1. The van der Waals surface area contributed by atoms with Crippen LogP contribution in [0.5, 0.6) is 5.75 Å². The highest BCUT2D eigenvalue weighted by molar-refractivity contribution is 5.67. The van der Waals surface area contributed by atoms with E-state index in [2.05, 4.69) is 9.64 Å². The van der Waals surface area contributed by atoms with Crippen molar-refractivity contribution in [1.29, 1.82) is 0 Å². The topological polar surface area (TPSA) is 42.0 Å². The van der Waals surface area contributed by atoms with Crippen LogP contribution in [-0.2, 0) is 11.3 Å². The van der Waals surface area contributed by atoms with Crippen molar-refractivity contribution in [2.75, 3.05) is 40.4 Å². The monoisotopic (exact) mass is 282 g/mol. The maximum absolute atomic E-state index is 13.6. The van der Waals surface area contributed by atoms with E-state index in [0.717, 1.165) is 18.7 Å². The first-order valence-corrected chi connectivity index (χ1v) is 6.51. The molecule has 0 aromatic heterocycles. The van der Waals surface area contributed by atoms with Crippen LogP contribution in [0.4, 0.5) is 9.18 Å². The molecule has 0 atom stereocenters. The zero-order valence-electron chi connectivity index (χ0n) is 11.8. The number of piperazine rings is 1. The van der Waals surface area contributed by atoms with Gasteiger partial charge in [-0.15, -0.1) is 0 Å². The number of amides is 1. The third-order valence-electron chi connectivity index (χ3n) is 3.43. The summed E-state index contributed by atoms with van der Waals surface area (Å²) in [6, 6.07) is 4.98. The van der Waals surface area contributed by atoms with Gasteiger partial charge in [0, 0.05) is 32.7 Å². The summed E-state index contributed by atoms with van der Waals surface area (Å²) in [6.07, 6.45) is -0.292. The summed E-state index contributed by atoms with van der Waals surface area (Å²) in [5.41, 5.74) is 0.898. The summed E-state index contributed by atoms with van der Waals surface area (Å²) < 4.78 is 23.2. The highest BCUT2D eigenvalue weighted by Crippen LogP contribution is 2.19. The molecule has 1 aromatic carbocycles. The third-order valence-corrected chi connectivity index (χ3v) is 3.43. The summed E-state index contributed by atoms with van der Waals surface area (Å²) in [5, 5.41) is 0. The standard InChI is InChI=1S/C14H19FN2O3/c1-19-13-4-3-11(9-12(13)15)10-16-5-7-17(8-6-16)14(18)20-2/h3-4,9H,5-8,10H2,1-2H3. The summed E-state index contributed by atoms with van der Waals surface area (Å²) in [6.45, 7) is 3.43. The molecule has 1 heterocycles. The molecule has 5 nitrogen and oxygen atoms in total. The van der Waals surface area contributed by atoms with Crippen molar-refractivity contribution >= 4 is 6.09 Å². The molecule has 0 unspecified atom stereocenters. The molecule has 1 saturated heterocycles. The Hall–Kier alpha value is -1.82. The molecule has 2 rings (SSSR count). The molecule has 0 radical (unpaired) electrons. The van der Waals surface area contributed by atoms with Gasteiger partial charge in [-0.05, 0) is 17.7 Å². The Morgan fingerprint density at radius 3 is 2.50 bits per heavy atom. The second kappa shape index (κ2) is 6.56. The van der Waals surface area contributed by atoms with E-state index >= 15 is 0 Å². The lowest BCUT2D eigenvalue weighted by molar-refractivity contribution is 0.0888. The second-order valence-electron chi connectivity index (χ2n) is 4.70. The van der Waals surface area contributed by atoms with Gasteiger partial charge in [0.1, 0.15) is 0 Å². The highest BCUT2D eigenvalue weighted by atomic mass is 19.1. The maximum atomic E-state index is 13.6. The van der Waals surface area contributed by atoms with E-state index in [0.29, 0.717) is 19.6 Å². The van der Waals surface area contributed by atoms with E-state index in [9.17, 15) is 9.18 Å². The fourth-order valence-electron chi connectivity index (χ4n) is 2.28. The highest BCUT2D eigenvalue weighted by Gasteiger charge is 2.21. The molecule has 1 aromatic rings. The van der Waals surface area contributed by atoms with Crippen molar-refractivity contribution in [3.05, 3.63) is 29.6 Å². The number of hydrogen-bond acceptors (Lipinski definition) is 4. The Morgan fingerprint density at radius 2 is 1.95 bits per heavy atom. The van der Waals surface area contributed by atoms with Crippen LogP contribution in [-0.4, -0.2) is 56.3 Å². The molecule has 0 bridgehead atoms. The quantitative estimate of drug-likeness (QED) is 0.846. The molecule has 110 valence electrons. The average Bonchev–Trinajstić information content (AvgIpc) is 2.47. The van der Waals surface area contributed by atoms with E-state index in [-0.39, 0.29) is 17.7 Å². The largest absolute Gasteiger partial charge is 0.494 e. The predicted molar refractivity (Wildman–Crippen MR) is 72.2 cm³/mol. The Kier molecular flexibility index (Phi) is 4.79. The number of nitrogens with zero attached hydrogens (tertiary/aromatic N) is 2. The van der Waals surface area contributed by atoms with Crippen molar-refractivity contribution in [2.45, 2.75) is 6.54 Å². The minimum atomic E-state index is -0.349.